The molecule has 1 atom stereocenters. The fourth-order valence-electron chi connectivity index (χ4n) is 2.26. The van der Waals surface area contributed by atoms with Crippen molar-refractivity contribution in [3.05, 3.63) is 35.4 Å². The predicted octanol–water partition coefficient (Wildman–Crippen LogP) is 2.55. The molecule has 4 nitrogen and oxygen atoms in total. The standard InChI is InChI=1S/C13H15F3N2O2/c14-13(15,16)10-5-2-1-4-9(10)11-8-20-12(19)18(11)7-3-6-17/h1-2,4-5,11H,3,6-8,17H2. The molecule has 2 rings (SSSR count). The molecule has 1 aromatic rings. The van der Waals surface area contributed by atoms with Crippen molar-refractivity contribution >= 4 is 6.09 Å². The number of carbonyl (C=O) groups is 1. The first-order valence-corrected chi connectivity index (χ1v) is 6.24. The molecule has 0 aliphatic carbocycles. The maximum absolute atomic E-state index is 13.0. The highest BCUT2D eigenvalue weighted by Crippen LogP contribution is 2.38. The molecule has 0 bridgehead atoms. The number of nitrogens with two attached hydrogens (primary N) is 1. The number of cyclic esters (lactones) is 1. The summed E-state index contributed by atoms with van der Waals surface area (Å²) in [7, 11) is 0. The Morgan fingerprint density at radius 1 is 1.35 bits per heavy atom. The fourth-order valence-corrected chi connectivity index (χ4v) is 2.26. The highest BCUT2D eigenvalue weighted by molar-refractivity contribution is 5.70. The summed E-state index contributed by atoms with van der Waals surface area (Å²) in [6, 6.07) is 4.53. The lowest BCUT2D eigenvalue weighted by Crippen LogP contribution is -2.31. The maximum atomic E-state index is 13.0. The van der Waals surface area contributed by atoms with Gasteiger partial charge >= 0.3 is 12.3 Å². The Morgan fingerprint density at radius 3 is 2.70 bits per heavy atom. The molecular weight excluding hydrogens is 273 g/mol. The molecule has 0 aromatic heterocycles. The number of alkyl halides is 3. The molecule has 1 unspecified atom stereocenters. The van der Waals surface area contributed by atoms with E-state index in [1.54, 1.807) is 0 Å². The third-order valence-electron chi connectivity index (χ3n) is 3.20. The van der Waals surface area contributed by atoms with Crippen LogP contribution in [0.5, 0.6) is 0 Å². The highest BCUT2D eigenvalue weighted by atomic mass is 19.4. The van der Waals surface area contributed by atoms with Crippen LogP contribution in [0.4, 0.5) is 18.0 Å². The summed E-state index contributed by atoms with van der Waals surface area (Å²) in [5, 5.41) is 0. The van der Waals surface area contributed by atoms with Gasteiger partial charge in [-0.1, -0.05) is 18.2 Å². The SMILES string of the molecule is NCCCN1C(=O)OCC1c1ccccc1C(F)(F)F. The summed E-state index contributed by atoms with van der Waals surface area (Å²) >= 11 is 0. The van der Waals surface area contributed by atoms with E-state index in [0.29, 0.717) is 13.0 Å². The summed E-state index contributed by atoms with van der Waals surface area (Å²) in [5.74, 6) is 0. The molecule has 0 radical (unpaired) electrons. The summed E-state index contributed by atoms with van der Waals surface area (Å²) in [6.45, 7) is 0.570. The van der Waals surface area contributed by atoms with Crippen LogP contribution in [-0.4, -0.2) is 30.7 Å². The number of hydrogen-bond donors (Lipinski definition) is 1. The third-order valence-corrected chi connectivity index (χ3v) is 3.20. The van der Waals surface area contributed by atoms with Gasteiger partial charge in [-0.3, -0.25) is 4.90 Å². The van der Waals surface area contributed by atoms with E-state index in [4.69, 9.17) is 10.5 Å². The molecule has 110 valence electrons. The summed E-state index contributed by atoms with van der Waals surface area (Å²) < 4.78 is 43.9. The number of carbonyl (C=O) groups excluding carboxylic acids is 1. The van der Waals surface area contributed by atoms with Gasteiger partial charge in [0.25, 0.3) is 0 Å². The van der Waals surface area contributed by atoms with Crippen molar-refractivity contribution < 1.29 is 22.7 Å². The van der Waals surface area contributed by atoms with Crippen molar-refractivity contribution in [3.63, 3.8) is 0 Å². The van der Waals surface area contributed by atoms with Crippen LogP contribution in [0, 0.1) is 0 Å². The number of amides is 1. The van der Waals surface area contributed by atoms with Crippen molar-refractivity contribution in [1.29, 1.82) is 0 Å². The van der Waals surface area contributed by atoms with Gasteiger partial charge in [-0.25, -0.2) is 4.79 Å². The van der Waals surface area contributed by atoms with Crippen LogP contribution in [0.25, 0.3) is 0 Å². The van der Waals surface area contributed by atoms with Crippen molar-refractivity contribution in [2.75, 3.05) is 19.7 Å². The molecule has 1 saturated heterocycles. The van der Waals surface area contributed by atoms with Gasteiger partial charge in [-0.05, 0) is 24.6 Å². The van der Waals surface area contributed by atoms with E-state index in [1.807, 2.05) is 0 Å². The average molecular weight is 288 g/mol. The molecule has 0 saturated carbocycles. The van der Waals surface area contributed by atoms with Crippen LogP contribution in [-0.2, 0) is 10.9 Å². The molecule has 1 aromatic carbocycles. The lowest BCUT2D eigenvalue weighted by molar-refractivity contribution is -0.138. The van der Waals surface area contributed by atoms with E-state index in [2.05, 4.69) is 0 Å². The second kappa shape index (κ2) is 5.70. The Hall–Kier alpha value is -1.76. The minimum atomic E-state index is -4.46. The van der Waals surface area contributed by atoms with Gasteiger partial charge in [0.05, 0.1) is 11.6 Å². The number of nitrogens with zero attached hydrogens (tertiary/aromatic N) is 1. The van der Waals surface area contributed by atoms with Crippen molar-refractivity contribution in [2.45, 2.75) is 18.6 Å². The molecule has 1 aliphatic heterocycles. The second-order valence-electron chi connectivity index (χ2n) is 4.51. The molecule has 1 fully saturated rings. The minimum Gasteiger partial charge on any atom is -0.447 e. The summed E-state index contributed by atoms with van der Waals surface area (Å²) in [5.41, 5.74) is 4.70. The fraction of sp³-hybridized carbons (Fsp3) is 0.462. The largest absolute Gasteiger partial charge is 0.447 e. The van der Waals surface area contributed by atoms with Gasteiger partial charge < -0.3 is 10.5 Å². The molecule has 0 spiro atoms. The van der Waals surface area contributed by atoms with Crippen LogP contribution in [0.1, 0.15) is 23.6 Å². The van der Waals surface area contributed by atoms with Crippen LogP contribution < -0.4 is 5.73 Å². The Bertz CT molecular complexity index is 491. The van der Waals surface area contributed by atoms with E-state index < -0.39 is 23.9 Å². The number of hydrogen-bond acceptors (Lipinski definition) is 3. The van der Waals surface area contributed by atoms with Crippen molar-refractivity contribution in [1.82, 2.24) is 4.90 Å². The molecule has 2 N–H and O–H groups in total. The van der Waals surface area contributed by atoms with Gasteiger partial charge in [0.2, 0.25) is 0 Å². The smallest absolute Gasteiger partial charge is 0.416 e. The predicted molar refractivity (Wildman–Crippen MR) is 65.9 cm³/mol. The Morgan fingerprint density at radius 2 is 2.05 bits per heavy atom. The molecule has 7 heteroatoms. The lowest BCUT2D eigenvalue weighted by Gasteiger charge is -2.24. The first kappa shape index (κ1) is 14.6. The zero-order chi connectivity index (χ0) is 14.8. The zero-order valence-electron chi connectivity index (χ0n) is 10.7. The zero-order valence-corrected chi connectivity index (χ0v) is 10.7. The van der Waals surface area contributed by atoms with Gasteiger partial charge in [-0.15, -0.1) is 0 Å². The first-order chi connectivity index (χ1) is 9.45. The minimum absolute atomic E-state index is 0.0582. The quantitative estimate of drug-likeness (QED) is 0.926. The van der Waals surface area contributed by atoms with E-state index in [0.717, 1.165) is 6.07 Å². The number of rotatable bonds is 4. The Balaban J connectivity index is 2.33. The van der Waals surface area contributed by atoms with E-state index in [1.165, 1.54) is 23.1 Å². The Kier molecular flexibility index (Phi) is 4.17. The summed E-state index contributed by atoms with van der Waals surface area (Å²) in [4.78, 5) is 12.9. The molecule has 1 heterocycles. The lowest BCUT2D eigenvalue weighted by atomic mass is 9.99. The normalized spacial score (nSPS) is 19.3. The van der Waals surface area contributed by atoms with Crippen molar-refractivity contribution in [2.24, 2.45) is 5.73 Å². The highest BCUT2D eigenvalue weighted by Gasteiger charge is 2.40. The monoisotopic (exact) mass is 288 g/mol. The van der Waals surface area contributed by atoms with Crippen LogP contribution >= 0.6 is 0 Å². The number of ether oxygens (including phenoxy) is 1. The van der Waals surface area contributed by atoms with Crippen LogP contribution in [0.15, 0.2) is 24.3 Å². The number of benzene rings is 1. The van der Waals surface area contributed by atoms with Gasteiger partial charge in [0.1, 0.15) is 6.61 Å². The van der Waals surface area contributed by atoms with Gasteiger partial charge in [0.15, 0.2) is 0 Å². The molecule has 1 aliphatic rings. The van der Waals surface area contributed by atoms with E-state index in [9.17, 15) is 18.0 Å². The van der Waals surface area contributed by atoms with Crippen LogP contribution in [0.3, 0.4) is 0 Å². The third kappa shape index (κ3) is 2.87. The topological polar surface area (TPSA) is 55.6 Å². The van der Waals surface area contributed by atoms with E-state index in [-0.39, 0.29) is 18.7 Å². The molecule has 1 amide bonds. The van der Waals surface area contributed by atoms with Crippen LogP contribution in [0.2, 0.25) is 0 Å². The van der Waals surface area contributed by atoms with Gasteiger partial charge in [-0.2, -0.15) is 13.2 Å². The van der Waals surface area contributed by atoms with E-state index >= 15 is 0 Å². The Labute approximate surface area is 114 Å². The van der Waals surface area contributed by atoms with Crippen molar-refractivity contribution in [3.8, 4) is 0 Å². The molecule has 20 heavy (non-hydrogen) atoms. The molecular formula is C13H15F3N2O2. The number of halogens is 3. The summed E-state index contributed by atoms with van der Waals surface area (Å²) in [6.07, 6.45) is -4.54. The first-order valence-electron chi connectivity index (χ1n) is 6.24. The van der Waals surface area contributed by atoms with Gasteiger partial charge in [0, 0.05) is 6.54 Å². The maximum Gasteiger partial charge on any atom is 0.416 e. The average Bonchev–Trinajstić information content (AvgIpc) is 2.76. The second-order valence-corrected chi connectivity index (χ2v) is 4.51.